The predicted molar refractivity (Wildman–Crippen MR) is 67.0 cm³/mol. The molecule has 0 fully saturated rings. The smallest absolute Gasteiger partial charge is 0.311 e. The maximum Gasteiger partial charge on any atom is 0.311 e. The van der Waals surface area contributed by atoms with Gasteiger partial charge in [-0.05, 0) is 36.1 Å². The van der Waals surface area contributed by atoms with E-state index in [0.717, 1.165) is 18.7 Å². The lowest BCUT2D eigenvalue weighted by Gasteiger charge is -2.22. The third-order valence-electron chi connectivity index (χ3n) is 3.35. The van der Waals surface area contributed by atoms with E-state index in [1.807, 2.05) is 6.92 Å². The fraction of sp³-hybridized carbons (Fsp3) is 0.833. The summed E-state index contributed by atoms with van der Waals surface area (Å²) in [5, 5.41) is 20.8. The average molecular weight is 254 g/mol. The van der Waals surface area contributed by atoms with Crippen LogP contribution in [0.2, 0.25) is 0 Å². The minimum atomic E-state index is -0.817. The monoisotopic (exact) mass is 254 g/mol. The van der Waals surface area contributed by atoms with Crippen LogP contribution < -0.4 is 0 Å². The van der Waals surface area contributed by atoms with Crippen molar-refractivity contribution in [3.8, 4) is 0 Å². The highest BCUT2D eigenvalue weighted by Crippen LogP contribution is 2.24. The molecule has 0 saturated carbocycles. The molecule has 6 heteroatoms. The first-order valence-electron chi connectivity index (χ1n) is 6.37. The Morgan fingerprint density at radius 1 is 1.50 bits per heavy atom. The van der Waals surface area contributed by atoms with Crippen LogP contribution in [0, 0.1) is 11.3 Å². The number of rotatable bonds is 7. The Balaban J connectivity index is 2.78. The zero-order valence-corrected chi connectivity index (χ0v) is 11.6. The SMILES string of the molecule is CCC(C)(Cn1nnnc1CCC(C)C)C(=O)O. The molecule has 0 aliphatic heterocycles. The lowest BCUT2D eigenvalue weighted by atomic mass is 9.88. The molecule has 0 aliphatic rings. The van der Waals surface area contributed by atoms with Gasteiger partial charge in [-0.1, -0.05) is 20.8 Å². The molecule has 0 radical (unpaired) electrons. The Morgan fingerprint density at radius 3 is 2.67 bits per heavy atom. The molecule has 0 bridgehead atoms. The molecule has 0 amide bonds. The first-order chi connectivity index (χ1) is 8.39. The lowest BCUT2D eigenvalue weighted by molar-refractivity contribution is -0.149. The zero-order valence-electron chi connectivity index (χ0n) is 11.6. The van der Waals surface area contributed by atoms with Crippen molar-refractivity contribution < 1.29 is 9.90 Å². The molecular weight excluding hydrogens is 232 g/mol. The van der Waals surface area contributed by atoms with Gasteiger partial charge in [0.1, 0.15) is 0 Å². The minimum absolute atomic E-state index is 0.319. The maximum absolute atomic E-state index is 11.3. The van der Waals surface area contributed by atoms with Gasteiger partial charge in [-0.2, -0.15) is 0 Å². The molecule has 18 heavy (non-hydrogen) atoms. The summed E-state index contributed by atoms with van der Waals surface area (Å²) in [5.74, 6) is 0.534. The average Bonchev–Trinajstić information content (AvgIpc) is 2.73. The molecule has 1 aromatic rings. The summed E-state index contributed by atoms with van der Waals surface area (Å²) in [6.45, 7) is 8.19. The van der Waals surface area contributed by atoms with Crippen molar-refractivity contribution in [2.45, 2.75) is 53.5 Å². The summed E-state index contributed by atoms with van der Waals surface area (Å²) in [6.07, 6.45) is 2.33. The standard InChI is InChI=1S/C12H22N4O2/c1-5-12(4,11(17)18)8-16-10(13-14-15-16)7-6-9(2)3/h9H,5-8H2,1-4H3,(H,17,18). The van der Waals surface area contributed by atoms with Crippen LogP contribution in [-0.2, 0) is 17.8 Å². The molecule has 0 aromatic carbocycles. The van der Waals surface area contributed by atoms with Crippen LogP contribution >= 0.6 is 0 Å². The highest BCUT2D eigenvalue weighted by atomic mass is 16.4. The second kappa shape index (κ2) is 5.93. The van der Waals surface area contributed by atoms with E-state index in [2.05, 4.69) is 29.4 Å². The van der Waals surface area contributed by atoms with Gasteiger partial charge >= 0.3 is 5.97 Å². The Morgan fingerprint density at radius 2 is 2.17 bits per heavy atom. The van der Waals surface area contributed by atoms with Crippen LogP contribution in [0.1, 0.15) is 46.4 Å². The molecule has 1 N–H and O–H groups in total. The maximum atomic E-state index is 11.3. The summed E-state index contributed by atoms with van der Waals surface area (Å²) in [6, 6.07) is 0. The van der Waals surface area contributed by atoms with Crippen LogP contribution in [-0.4, -0.2) is 31.3 Å². The quantitative estimate of drug-likeness (QED) is 0.802. The fourth-order valence-electron chi connectivity index (χ4n) is 1.60. The van der Waals surface area contributed by atoms with Gasteiger partial charge in [0.2, 0.25) is 0 Å². The van der Waals surface area contributed by atoms with Crippen molar-refractivity contribution in [2.75, 3.05) is 0 Å². The van der Waals surface area contributed by atoms with Crippen LogP contribution in [0.25, 0.3) is 0 Å². The molecule has 1 aromatic heterocycles. The first kappa shape index (κ1) is 14.6. The van der Waals surface area contributed by atoms with Gasteiger partial charge in [0.15, 0.2) is 5.82 Å². The summed E-state index contributed by atoms with van der Waals surface area (Å²) in [7, 11) is 0. The molecule has 0 aliphatic carbocycles. The Bertz CT molecular complexity index is 403. The lowest BCUT2D eigenvalue weighted by Crippen LogP contribution is -2.33. The number of carboxylic acids is 1. The zero-order chi connectivity index (χ0) is 13.8. The molecule has 1 rings (SSSR count). The van der Waals surface area contributed by atoms with Crippen molar-refractivity contribution in [1.29, 1.82) is 0 Å². The van der Waals surface area contributed by atoms with E-state index in [1.54, 1.807) is 11.6 Å². The molecular formula is C12H22N4O2. The van der Waals surface area contributed by atoms with E-state index in [-0.39, 0.29) is 0 Å². The number of nitrogens with zero attached hydrogens (tertiary/aromatic N) is 4. The van der Waals surface area contributed by atoms with Crippen molar-refractivity contribution in [3.05, 3.63) is 5.82 Å². The van der Waals surface area contributed by atoms with Crippen molar-refractivity contribution >= 4 is 5.97 Å². The van der Waals surface area contributed by atoms with Gasteiger partial charge < -0.3 is 5.11 Å². The third kappa shape index (κ3) is 3.51. The van der Waals surface area contributed by atoms with E-state index >= 15 is 0 Å². The van der Waals surface area contributed by atoms with Gasteiger partial charge in [0.25, 0.3) is 0 Å². The molecule has 1 unspecified atom stereocenters. The fourth-order valence-corrected chi connectivity index (χ4v) is 1.60. The Labute approximate surface area is 107 Å². The number of aliphatic carboxylic acids is 1. The van der Waals surface area contributed by atoms with Gasteiger partial charge in [-0.15, -0.1) is 5.10 Å². The van der Waals surface area contributed by atoms with Crippen LogP contribution in [0.3, 0.4) is 0 Å². The van der Waals surface area contributed by atoms with Gasteiger partial charge in [-0.25, -0.2) is 4.68 Å². The van der Waals surface area contributed by atoms with E-state index in [9.17, 15) is 9.90 Å². The number of carbonyl (C=O) groups is 1. The first-order valence-corrected chi connectivity index (χ1v) is 6.37. The summed E-state index contributed by atoms with van der Waals surface area (Å²) in [5.41, 5.74) is -0.817. The van der Waals surface area contributed by atoms with E-state index < -0.39 is 11.4 Å². The number of tetrazole rings is 1. The number of hydrogen-bond acceptors (Lipinski definition) is 4. The molecule has 1 atom stereocenters. The summed E-state index contributed by atoms with van der Waals surface area (Å²) < 4.78 is 1.62. The van der Waals surface area contributed by atoms with Gasteiger partial charge in [-0.3, -0.25) is 4.79 Å². The summed E-state index contributed by atoms with van der Waals surface area (Å²) >= 11 is 0. The minimum Gasteiger partial charge on any atom is -0.481 e. The molecule has 102 valence electrons. The molecule has 1 heterocycles. The van der Waals surface area contributed by atoms with Gasteiger partial charge in [0, 0.05) is 6.42 Å². The van der Waals surface area contributed by atoms with E-state index in [1.165, 1.54) is 0 Å². The van der Waals surface area contributed by atoms with Crippen LogP contribution in [0.15, 0.2) is 0 Å². The van der Waals surface area contributed by atoms with E-state index in [0.29, 0.717) is 18.9 Å². The second-order valence-electron chi connectivity index (χ2n) is 5.40. The van der Waals surface area contributed by atoms with Crippen LogP contribution in [0.5, 0.6) is 0 Å². The molecule has 6 nitrogen and oxygen atoms in total. The topological polar surface area (TPSA) is 80.9 Å². The van der Waals surface area contributed by atoms with Crippen molar-refractivity contribution in [3.63, 3.8) is 0 Å². The predicted octanol–water partition coefficient (Wildman–Crippen LogP) is 1.76. The highest BCUT2D eigenvalue weighted by molar-refractivity contribution is 5.73. The third-order valence-corrected chi connectivity index (χ3v) is 3.35. The highest BCUT2D eigenvalue weighted by Gasteiger charge is 2.32. The normalized spacial score (nSPS) is 14.7. The van der Waals surface area contributed by atoms with E-state index in [4.69, 9.17) is 0 Å². The Kier molecular flexibility index (Phi) is 4.81. The van der Waals surface area contributed by atoms with Crippen molar-refractivity contribution in [2.24, 2.45) is 11.3 Å². The molecule has 0 saturated heterocycles. The number of carboxylic acid groups (broad SMARTS) is 1. The number of hydrogen-bond donors (Lipinski definition) is 1. The van der Waals surface area contributed by atoms with Crippen LogP contribution in [0.4, 0.5) is 0 Å². The second-order valence-corrected chi connectivity index (χ2v) is 5.40. The van der Waals surface area contributed by atoms with Gasteiger partial charge in [0.05, 0.1) is 12.0 Å². The van der Waals surface area contributed by atoms with Crippen molar-refractivity contribution in [1.82, 2.24) is 20.2 Å². The largest absolute Gasteiger partial charge is 0.481 e. The molecule has 0 spiro atoms. The summed E-state index contributed by atoms with van der Waals surface area (Å²) in [4.78, 5) is 11.3. The number of aryl methyl sites for hydroxylation is 1. The number of aromatic nitrogens is 4. The Hall–Kier alpha value is -1.46.